The van der Waals surface area contributed by atoms with Crippen molar-refractivity contribution in [1.82, 2.24) is 4.98 Å². The summed E-state index contributed by atoms with van der Waals surface area (Å²) in [6.45, 7) is 4.11. The first-order valence-electron chi connectivity index (χ1n) is 10.7. The molecule has 0 amide bonds. The molecule has 4 aromatic rings. The zero-order valence-electron chi connectivity index (χ0n) is 19.5. The highest BCUT2D eigenvalue weighted by atomic mass is 32.2. The van der Waals surface area contributed by atoms with Gasteiger partial charge in [-0.15, -0.1) is 0 Å². The number of benzene rings is 3. The molecule has 0 bridgehead atoms. The van der Waals surface area contributed by atoms with Gasteiger partial charge in [-0.05, 0) is 61.4 Å². The summed E-state index contributed by atoms with van der Waals surface area (Å²) in [6.07, 6.45) is 0. The van der Waals surface area contributed by atoms with Crippen LogP contribution in [0.2, 0.25) is 0 Å². The highest BCUT2D eigenvalue weighted by Gasteiger charge is 2.28. The van der Waals surface area contributed by atoms with Gasteiger partial charge in [-0.25, -0.2) is 8.42 Å². The summed E-state index contributed by atoms with van der Waals surface area (Å²) in [5, 5.41) is 2.95. The first-order valence-corrected chi connectivity index (χ1v) is 12.1. The molecule has 0 radical (unpaired) electrons. The average molecular weight is 479 g/mol. The minimum absolute atomic E-state index is 0.0758. The third-order valence-corrected chi connectivity index (χ3v) is 7.01. The largest absolute Gasteiger partial charge is 0.493 e. The maximum absolute atomic E-state index is 13.5. The summed E-state index contributed by atoms with van der Waals surface area (Å²) >= 11 is 0. The molecule has 3 aromatic carbocycles. The quantitative estimate of drug-likeness (QED) is 0.362. The number of aryl methyl sites for hydroxylation is 2. The van der Waals surface area contributed by atoms with Crippen molar-refractivity contribution in [3.05, 3.63) is 83.4 Å². The maximum Gasteiger partial charge on any atom is 0.234 e. The molecule has 1 heterocycles. The summed E-state index contributed by atoms with van der Waals surface area (Å²) in [6, 6.07) is 19.7. The molecule has 8 heteroatoms. The average Bonchev–Trinajstić information content (AvgIpc) is 3.28. The lowest BCUT2D eigenvalue weighted by molar-refractivity contribution is 0.354. The SMILES string of the molecule is COc1ccc(CNc2oc(-c3ccc(C)cc3)nc2S(=O)(=O)c2cccc(C)c2)cc1OC. The number of ether oxygens (including phenoxy) is 2. The van der Waals surface area contributed by atoms with E-state index in [0.29, 0.717) is 23.6 Å². The number of anilines is 1. The van der Waals surface area contributed by atoms with E-state index in [1.54, 1.807) is 38.5 Å². The molecule has 176 valence electrons. The van der Waals surface area contributed by atoms with Crippen LogP contribution in [0.1, 0.15) is 16.7 Å². The molecular weight excluding hydrogens is 452 g/mol. The zero-order valence-corrected chi connectivity index (χ0v) is 20.3. The van der Waals surface area contributed by atoms with E-state index in [1.807, 2.05) is 56.3 Å². The van der Waals surface area contributed by atoms with Crippen molar-refractivity contribution >= 4 is 15.7 Å². The molecule has 0 fully saturated rings. The van der Waals surface area contributed by atoms with Crippen molar-refractivity contribution in [2.45, 2.75) is 30.3 Å². The molecule has 0 saturated heterocycles. The second-order valence-electron chi connectivity index (χ2n) is 7.88. The lowest BCUT2D eigenvalue weighted by Gasteiger charge is -2.10. The van der Waals surface area contributed by atoms with Crippen LogP contribution >= 0.6 is 0 Å². The zero-order chi connectivity index (χ0) is 24.3. The molecule has 1 aromatic heterocycles. The summed E-state index contributed by atoms with van der Waals surface area (Å²) < 4.78 is 43.6. The van der Waals surface area contributed by atoms with E-state index < -0.39 is 9.84 Å². The maximum atomic E-state index is 13.5. The number of nitrogens with zero attached hydrogens (tertiary/aromatic N) is 1. The third-order valence-electron chi connectivity index (χ3n) is 5.35. The molecule has 0 atom stereocenters. The molecule has 0 saturated carbocycles. The molecule has 0 spiro atoms. The van der Waals surface area contributed by atoms with Crippen LogP contribution in [0.15, 0.2) is 81.1 Å². The number of nitrogens with one attached hydrogen (secondary N) is 1. The van der Waals surface area contributed by atoms with Crippen LogP contribution in [0.5, 0.6) is 11.5 Å². The molecule has 4 rings (SSSR count). The first kappa shape index (κ1) is 23.4. The number of aromatic nitrogens is 1. The standard InChI is InChI=1S/C26H26N2O5S/c1-17-8-11-20(12-9-17)24-28-26(34(29,30)21-7-5-6-18(2)14-21)25(33-24)27-16-19-10-13-22(31-3)23(15-19)32-4/h5-15,27H,16H2,1-4H3. The number of hydrogen-bond donors (Lipinski definition) is 1. The normalized spacial score (nSPS) is 11.3. The van der Waals surface area contributed by atoms with Crippen LogP contribution < -0.4 is 14.8 Å². The second-order valence-corrected chi connectivity index (χ2v) is 9.75. The van der Waals surface area contributed by atoms with Gasteiger partial charge < -0.3 is 19.2 Å². The van der Waals surface area contributed by atoms with Gasteiger partial charge in [0.2, 0.25) is 26.6 Å². The van der Waals surface area contributed by atoms with E-state index in [-0.39, 0.29) is 21.7 Å². The lowest BCUT2D eigenvalue weighted by Crippen LogP contribution is -2.08. The molecule has 34 heavy (non-hydrogen) atoms. The van der Waals surface area contributed by atoms with Crippen molar-refractivity contribution < 1.29 is 22.3 Å². The van der Waals surface area contributed by atoms with Crippen LogP contribution in [0.25, 0.3) is 11.5 Å². The van der Waals surface area contributed by atoms with Gasteiger partial charge in [0.15, 0.2) is 11.5 Å². The fourth-order valence-corrected chi connectivity index (χ4v) is 4.87. The summed E-state index contributed by atoms with van der Waals surface area (Å²) in [7, 11) is -0.797. The van der Waals surface area contributed by atoms with Crippen molar-refractivity contribution in [2.75, 3.05) is 19.5 Å². The molecule has 0 aliphatic carbocycles. The highest BCUT2D eigenvalue weighted by Crippen LogP contribution is 2.34. The fourth-order valence-electron chi connectivity index (χ4n) is 3.49. The Hall–Kier alpha value is -3.78. The minimum atomic E-state index is -3.93. The van der Waals surface area contributed by atoms with Gasteiger partial charge in [0.25, 0.3) is 0 Å². The summed E-state index contributed by atoms with van der Waals surface area (Å²) in [4.78, 5) is 4.56. The smallest absolute Gasteiger partial charge is 0.234 e. The van der Waals surface area contributed by atoms with E-state index in [1.165, 1.54) is 0 Å². The Bertz CT molecular complexity index is 1410. The number of oxazole rings is 1. The second kappa shape index (κ2) is 9.61. The number of rotatable bonds is 8. The lowest BCUT2D eigenvalue weighted by atomic mass is 10.1. The predicted octanol–water partition coefficient (Wildman–Crippen LogP) is 5.42. The first-order chi connectivity index (χ1) is 16.3. The van der Waals surface area contributed by atoms with E-state index in [2.05, 4.69) is 10.3 Å². The highest BCUT2D eigenvalue weighted by molar-refractivity contribution is 7.91. The molecule has 0 aliphatic rings. The van der Waals surface area contributed by atoms with Gasteiger partial charge in [-0.3, -0.25) is 0 Å². The van der Waals surface area contributed by atoms with Crippen LogP contribution in [-0.4, -0.2) is 27.6 Å². The fraction of sp³-hybridized carbons (Fsp3) is 0.192. The predicted molar refractivity (Wildman–Crippen MR) is 130 cm³/mol. The number of hydrogen-bond acceptors (Lipinski definition) is 7. The van der Waals surface area contributed by atoms with Gasteiger partial charge >= 0.3 is 0 Å². The van der Waals surface area contributed by atoms with Gasteiger partial charge in [-0.1, -0.05) is 35.9 Å². The van der Waals surface area contributed by atoms with E-state index in [0.717, 1.165) is 16.7 Å². The topological polar surface area (TPSA) is 90.7 Å². The van der Waals surface area contributed by atoms with Crippen molar-refractivity contribution in [2.24, 2.45) is 0 Å². The van der Waals surface area contributed by atoms with Crippen LogP contribution in [-0.2, 0) is 16.4 Å². The Morgan fingerprint density at radius 2 is 1.62 bits per heavy atom. The van der Waals surface area contributed by atoms with Crippen LogP contribution in [0.4, 0.5) is 5.88 Å². The van der Waals surface area contributed by atoms with Gasteiger partial charge in [-0.2, -0.15) is 4.98 Å². The molecule has 1 N–H and O–H groups in total. The molecule has 7 nitrogen and oxygen atoms in total. The number of sulfone groups is 1. The van der Waals surface area contributed by atoms with Crippen molar-refractivity contribution in [1.29, 1.82) is 0 Å². The third kappa shape index (κ3) is 4.77. The van der Waals surface area contributed by atoms with Crippen LogP contribution in [0, 0.1) is 13.8 Å². The van der Waals surface area contributed by atoms with Gasteiger partial charge in [0, 0.05) is 12.1 Å². The summed E-state index contributed by atoms with van der Waals surface area (Å²) in [5.74, 6) is 1.48. The van der Waals surface area contributed by atoms with E-state index >= 15 is 0 Å². The van der Waals surface area contributed by atoms with Gasteiger partial charge in [0.05, 0.1) is 19.1 Å². The van der Waals surface area contributed by atoms with E-state index in [9.17, 15) is 8.42 Å². The molecular formula is C26H26N2O5S. The van der Waals surface area contributed by atoms with E-state index in [4.69, 9.17) is 13.9 Å². The Balaban J connectivity index is 1.74. The molecule has 0 unspecified atom stereocenters. The molecule has 0 aliphatic heterocycles. The Morgan fingerprint density at radius 3 is 2.29 bits per heavy atom. The van der Waals surface area contributed by atoms with Crippen molar-refractivity contribution in [3.8, 4) is 23.0 Å². The Labute approximate surface area is 199 Å². The Kier molecular flexibility index (Phi) is 6.61. The minimum Gasteiger partial charge on any atom is -0.493 e. The number of methoxy groups -OCH3 is 2. The monoisotopic (exact) mass is 478 g/mol. The summed E-state index contributed by atoms with van der Waals surface area (Å²) in [5.41, 5.74) is 3.45. The Morgan fingerprint density at radius 1 is 0.882 bits per heavy atom. The van der Waals surface area contributed by atoms with Crippen LogP contribution in [0.3, 0.4) is 0 Å². The van der Waals surface area contributed by atoms with Gasteiger partial charge in [0.1, 0.15) is 0 Å². The van der Waals surface area contributed by atoms with Crippen molar-refractivity contribution in [3.63, 3.8) is 0 Å².